The van der Waals surface area contributed by atoms with E-state index in [4.69, 9.17) is 17.3 Å². The Morgan fingerprint density at radius 2 is 2.05 bits per heavy atom. The first-order chi connectivity index (χ1) is 10.0. The number of likely N-dealkylation sites (N-methyl/N-ethyl adjacent to an activating group) is 1. The van der Waals surface area contributed by atoms with Gasteiger partial charge >= 0.3 is 0 Å². The average molecular weight is 305 g/mol. The molecule has 110 valence electrons. The number of benzene rings is 1. The van der Waals surface area contributed by atoms with Gasteiger partial charge in [-0.25, -0.2) is 0 Å². The molecule has 1 aromatic heterocycles. The molecule has 0 aliphatic heterocycles. The van der Waals surface area contributed by atoms with Crippen LogP contribution in [0.15, 0.2) is 42.7 Å². The van der Waals surface area contributed by atoms with Gasteiger partial charge in [-0.15, -0.1) is 0 Å². The third kappa shape index (κ3) is 4.73. The third-order valence-corrected chi connectivity index (χ3v) is 3.24. The molecule has 1 amide bonds. The average Bonchev–Trinajstić information content (AvgIpc) is 2.43. The SMILES string of the molecule is CN(CC(=O)Nc1ccc(Cl)c(N)c1)Cc1ccncc1. The quantitative estimate of drug-likeness (QED) is 0.832. The number of amides is 1. The summed E-state index contributed by atoms with van der Waals surface area (Å²) in [6.07, 6.45) is 3.47. The number of hydrogen-bond donors (Lipinski definition) is 2. The molecule has 0 radical (unpaired) electrons. The van der Waals surface area contributed by atoms with Crippen molar-refractivity contribution in [3.05, 3.63) is 53.3 Å². The lowest BCUT2D eigenvalue weighted by molar-refractivity contribution is -0.117. The van der Waals surface area contributed by atoms with Crippen molar-refractivity contribution in [1.29, 1.82) is 0 Å². The van der Waals surface area contributed by atoms with Crippen molar-refractivity contribution in [3.63, 3.8) is 0 Å². The first-order valence-corrected chi connectivity index (χ1v) is 6.84. The molecule has 0 saturated heterocycles. The van der Waals surface area contributed by atoms with Gasteiger partial charge in [-0.05, 0) is 42.9 Å². The first kappa shape index (κ1) is 15.3. The van der Waals surface area contributed by atoms with Crippen LogP contribution in [0.5, 0.6) is 0 Å². The molecule has 0 fully saturated rings. The van der Waals surface area contributed by atoms with Crippen molar-refractivity contribution >= 4 is 28.9 Å². The van der Waals surface area contributed by atoms with Gasteiger partial charge in [0.1, 0.15) is 0 Å². The molecule has 21 heavy (non-hydrogen) atoms. The Hall–Kier alpha value is -2.11. The van der Waals surface area contributed by atoms with E-state index in [1.165, 1.54) is 0 Å². The van der Waals surface area contributed by atoms with Gasteiger partial charge < -0.3 is 11.1 Å². The first-order valence-electron chi connectivity index (χ1n) is 6.47. The molecule has 3 N–H and O–H groups in total. The number of halogens is 1. The zero-order valence-electron chi connectivity index (χ0n) is 11.7. The molecule has 2 aromatic rings. The van der Waals surface area contributed by atoms with E-state index in [-0.39, 0.29) is 12.5 Å². The highest BCUT2D eigenvalue weighted by molar-refractivity contribution is 6.33. The summed E-state index contributed by atoms with van der Waals surface area (Å²) in [5.41, 5.74) is 7.89. The molecular weight excluding hydrogens is 288 g/mol. The second-order valence-electron chi connectivity index (χ2n) is 4.81. The van der Waals surface area contributed by atoms with Gasteiger partial charge in [0.05, 0.1) is 17.3 Å². The normalized spacial score (nSPS) is 10.6. The maximum atomic E-state index is 12.0. The summed E-state index contributed by atoms with van der Waals surface area (Å²) in [7, 11) is 1.89. The molecule has 1 heterocycles. The fourth-order valence-electron chi connectivity index (χ4n) is 1.92. The molecule has 0 aliphatic carbocycles. The Balaban J connectivity index is 1.87. The number of nitrogens with zero attached hydrogens (tertiary/aromatic N) is 2. The van der Waals surface area contributed by atoms with E-state index < -0.39 is 0 Å². The van der Waals surface area contributed by atoms with Gasteiger partial charge in [0.15, 0.2) is 0 Å². The number of nitrogens with one attached hydrogen (secondary N) is 1. The van der Waals surface area contributed by atoms with Crippen molar-refractivity contribution in [3.8, 4) is 0 Å². The Morgan fingerprint density at radius 1 is 1.33 bits per heavy atom. The van der Waals surface area contributed by atoms with E-state index in [0.29, 0.717) is 22.9 Å². The lowest BCUT2D eigenvalue weighted by Crippen LogP contribution is -2.29. The van der Waals surface area contributed by atoms with Gasteiger partial charge in [0.2, 0.25) is 5.91 Å². The minimum Gasteiger partial charge on any atom is -0.397 e. The summed E-state index contributed by atoms with van der Waals surface area (Å²) in [4.78, 5) is 17.9. The van der Waals surface area contributed by atoms with Gasteiger partial charge in [-0.1, -0.05) is 11.6 Å². The van der Waals surface area contributed by atoms with Gasteiger partial charge in [0.25, 0.3) is 0 Å². The lowest BCUT2D eigenvalue weighted by atomic mass is 10.2. The summed E-state index contributed by atoms with van der Waals surface area (Å²) < 4.78 is 0. The van der Waals surface area contributed by atoms with Crippen molar-refractivity contribution < 1.29 is 4.79 Å². The number of anilines is 2. The van der Waals surface area contributed by atoms with E-state index in [1.54, 1.807) is 30.6 Å². The summed E-state index contributed by atoms with van der Waals surface area (Å²) in [5.74, 6) is -0.103. The van der Waals surface area contributed by atoms with E-state index in [9.17, 15) is 4.79 Å². The lowest BCUT2D eigenvalue weighted by Gasteiger charge is -2.16. The van der Waals surface area contributed by atoms with Crippen LogP contribution in [0, 0.1) is 0 Å². The zero-order valence-corrected chi connectivity index (χ0v) is 12.5. The number of hydrogen-bond acceptors (Lipinski definition) is 4. The number of nitrogen functional groups attached to an aromatic ring is 1. The van der Waals surface area contributed by atoms with Crippen LogP contribution in [0.1, 0.15) is 5.56 Å². The largest absolute Gasteiger partial charge is 0.397 e. The Kier molecular flexibility index (Phi) is 5.14. The number of nitrogens with two attached hydrogens (primary N) is 1. The minimum absolute atomic E-state index is 0.103. The summed E-state index contributed by atoms with van der Waals surface area (Å²) >= 11 is 5.84. The molecule has 0 unspecified atom stereocenters. The van der Waals surface area contributed by atoms with Crippen molar-refractivity contribution in [1.82, 2.24) is 9.88 Å². The second kappa shape index (κ2) is 7.06. The van der Waals surface area contributed by atoms with E-state index in [2.05, 4.69) is 10.3 Å². The van der Waals surface area contributed by atoms with E-state index in [0.717, 1.165) is 5.56 Å². The molecule has 0 atom stereocenters. The second-order valence-corrected chi connectivity index (χ2v) is 5.22. The van der Waals surface area contributed by atoms with Crippen molar-refractivity contribution in [2.24, 2.45) is 0 Å². The van der Waals surface area contributed by atoms with Crippen molar-refractivity contribution in [2.45, 2.75) is 6.54 Å². The molecule has 1 aromatic carbocycles. The van der Waals surface area contributed by atoms with Crippen LogP contribution in [0.25, 0.3) is 0 Å². The number of rotatable bonds is 5. The maximum absolute atomic E-state index is 12.0. The number of carbonyl (C=O) groups excluding carboxylic acids is 1. The van der Waals surface area contributed by atoms with Crippen LogP contribution >= 0.6 is 11.6 Å². The van der Waals surface area contributed by atoms with Crippen LogP contribution in [0.2, 0.25) is 5.02 Å². The number of aromatic nitrogens is 1. The zero-order chi connectivity index (χ0) is 15.2. The molecule has 5 nitrogen and oxygen atoms in total. The predicted octanol–water partition coefficient (Wildman–Crippen LogP) is 2.39. The highest BCUT2D eigenvalue weighted by Gasteiger charge is 2.08. The van der Waals surface area contributed by atoms with Gasteiger partial charge in [0, 0.05) is 24.6 Å². The van der Waals surface area contributed by atoms with Gasteiger partial charge in [-0.2, -0.15) is 0 Å². The van der Waals surface area contributed by atoms with Crippen LogP contribution in [-0.2, 0) is 11.3 Å². The fraction of sp³-hybridized carbons (Fsp3) is 0.200. The molecule has 0 saturated carbocycles. The molecule has 0 spiro atoms. The van der Waals surface area contributed by atoms with E-state index in [1.807, 2.05) is 24.1 Å². The Labute approximate surface area is 128 Å². The van der Waals surface area contributed by atoms with Crippen LogP contribution in [0.3, 0.4) is 0 Å². The Morgan fingerprint density at radius 3 is 2.71 bits per heavy atom. The predicted molar refractivity (Wildman–Crippen MR) is 85.1 cm³/mol. The standard InChI is InChI=1S/C15H17ClN4O/c1-20(9-11-4-6-18-7-5-11)10-15(21)19-12-2-3-13(16)14(17)8-12/h2-8H,9-10,17H2,1H3,(H,19,21). The highest BCUT2D eigenvalue weighted by atomic mass is 35.5. The minimum atomic E-state index is -0.103. The summed E-state index contributed by atoms with van der Waals surface area (Å²) in [6.45, 7) is 0.962. The number of carbonyl (C=O) groups is 1. The maximum Gasteiger partial charge on any atom is 0.238 e. The molecule has 0 aliphatic rings. The third-order valence-electron chi connectivity index (χ3n) is 2.90. The Bertz CT molecular complexity index is 618. The molecular formula is C15H17ClN4O. The van der Waals surface area contributed by atoms with Crippen molar-refractivity contribution in [2.75, 3.05) is 24.6 Å². The topological polar surface area (TPSA) is 71.2 Å². The highest BCUT2D eigenvalue weighted by Crippen LogP contribution is 2.22. The smallest absolute Gasteiger partial charge is 0.238 e. The monoisotopic (exact) mass is 304 g/mol. The van der Waals surface area contributed by atoms with E-state index >= 15 is 0 Å². The van der Waals surface area contributed by atoms with Crippen LogP contribution in [-0.4, -0.2) is 29.4 Å². The number of pyridine rings is 1. The van der Waals surface area contributed by atoms with Crippen LogP contribution < -0.4 is 11.1 Å². The van der Waals surface area contributed by atoms with Gasteiger partial charge in [-0.3, -0.25) is 14.7 Å². The summed E-state index contributed by atoms with van der Waals surface area (Å²) in [6, 6.07) is 8.87. The molecule has 0 bridgehead atoms. The molecule has 2 rings (SSSR count). The summed E-state index contributed by atoms with van der Waals surface area (Å²) in [5, 5.41) is 3.27. The fourth-order valence-corrected chi connectivity index (χ4v) is 2.04. The van der Waals surface area contributed by atoms with Crippen LogP contribution in [0.4, 0.5) is 11.4 Å². The molecule has 6 heteroatoms.